The summed E-state index contributed by atoms with van der Waals surface area (Å²) in [6, 6.07) is 7.15. The number of benzene rings is 1. The van der Waals surface area contributed by atoms with Crippen molar-refractivity contribution >= 4 is 17.6 Å². The summed E-state index contributed by atoms with van der Waals surface area (Å²) in [4.78, 5) is 25.4. The van der Waals surface area contributed by atoms with Crippen molar-refractivity contribution < 1.29 is 14.3 Å². The van der Waals surface area contributed by atoms with Gasteiger partial charge in [-0.05, 0) is 31.0 Å². The van der Waals surface area contributed by atoms with Crippen molar-refractivity contribution in [3.8, 4) is 0 Å². The van der Waals surface area contributed by atoms with Crippen LogP contribution in [-0.2, 0) is 16.1 Å². The number of likely N-dealkylation sites (tertiary alicyclic amines) is 1. The number of nitrogens with one attached hydrogen (secondary N) is 2. The number of carbonyl (C=O) groups is 2. The van der Waals surface area contributed by atoms with Crippen LogP contribution in [0.25, 0.3) is 0 Å². The number of ether oxygens (including phenoxy) is 1. The Morgan fingerprint density at radius 1 is 1.45 bits per heavy atom. The smallest absolute Gasteiger partial charge is 0.319 e. The van der Waals surface area contributed by atoms with Crippen LogP contribution >= 0.6 is 0 Å². The number of methoxy groups -OCH3 is 1. The Morgan fingerprint density at radius 3 is 2.95 bits per heavy atom. The molecule has 0 radical (unpaired) electrons. The molecule has 1 fully saturated rings. The van der Waals surface area contributed by atoms with Gasteiger partial charge < -0.3 is 20.3 Å². The molecule has 3 amide bonds. The first-order valence-corrected chi connectivity index (χ1v) is 7.51. The molecule has 0 spiro atoms. The van der Waals surface area contributed by atoms with Crippen molar-refractivity contribution in [3.63, 3.8) is 0 Å². The van der Waals surface area contributed by atoms with Gasteiger partial charge in [-0.15, -0.1) is 0 Å². The second kappa shape index (κ2) is 7.79. The Hall–Kier alpha value is -2.08. The summed E-state index contributed by atoms with van der Waals surface area (Å²) in [6.07, 6.45) is 1.52. The molecule has 2 N–H and O–H groups in total. The van der Waals surface area contributed by atoms with Crippen molar-refractivity contribution in [2.24, 2.45) is 0 Å². The minimum atomic E-state index is -0.270. The van der Waals surface area contributed by atoms with Gasteiger partial charge in [0.2, 0.25) is 5.91 Å². The third-order valence-electron chi connectivity index (χ3n) is 3.54. The molecule has 0 unspecified atom stereocenters. The van der Waals surface area contributed by atoms with Gasteiger partial charge in [0.15, 0.2) is 0 Å². The SMILES string of the molecule is COCc1cccc(NC(=O)N[C@H](C)CN2CCCC2=O)c1. The molecule has 0 aliphatic carbocycles. The van der Waals surface area contributed by atoms with E-state index in [-0.39, 0.29) is 18.0 Å². The molecule has 0 saturated carbocycles. The number of nitrogens with zero attached hydrogens (tertiary/aromatic N) is 1. The van der Waals surface area contributed by atoms with Crippen LogP contribution in [-0.4, -0.2) is 43.1 Å². The second-order valence-corrected chi connectivity index (χ2v) is 5.58. The largest absolute Gasteiger partial charge is 0.380 e. The highest BCUT2D eigenvalue weighted by Gasteiger charge is 2.22. The molecule has 22 heavy (non-hydrogen) atoms. The molecule has 2 rings (SSSR count). The average molecular weight is 305 g/mol. The lowest BCUT2D eigenvalue weighted by Crippen LogP contribution is -2.44. The molecule has 1 aromatic carbocycles. The quantitative estimate of drug-likeness (QED) is 0.844. The minimum Gasteiger partial charge on any atom is -0.380 e. The van der Waals surface area contributed by atoms with Gasteiger partial charge in [-0.3, -0.25) is 4.79 Å². The fourth-order valence-corrected chi connectivity index (χ4v) is 2.57. The van der Waals surface area contributed by atoms with Crippen LogP contribution in [0.3, 0.4) is 0 Å². The standard InChI is InChI=1S/C16H23N3O3/c1-12(10-19-8-4-7-15(19)20)17-16(21)18-14-6-3-5-13(9-14)11-22-2/h3,5-6,9,12H,4,7-8,10-11H2,1-2H3,(H2,17,18,21)/t12-/m1/s1. The van der Waals surface area contributed by atoms with Gasteiger partial charge in [-0.1, -0.05) is 12.1 Å². The van der Waals surface area contributed by atoms with E-state index in [0.717, 1.165) is 24.2 Å². The predicted molar refractivity (Wildman–Crippen MR) is 84.6 cm³/mol. The summed E-state index contributed by atoms with van der Waals surface area (Å²) >= 11 is 0. The lowest BCUT2D eigenvalue weighted by molar-refractivity contribution is -0.127. The van der Waals surface area contributed by atoms with Gasteiger partial charge in [-0.25, -0.2) is 4.79 Å². The topological polar surface area (TPSA) is 70.7 Å². The fourth-order valence-electron chi connectivity index (χ4n) is 2.57. The molecule has 0 bridgehead atoms. The van der Waals surface area contributed by atoms with Gasteiger partial charge in [-0.2, -0.15) is 0 Å². The first-order chi connectivity index (χ1) is 10.6. The number of anilines is 1. The summed E-state index contributed by atoms with van der Waals surface area (Å²) in [5, 5.41) is 5.65. The zero-order valence-corrected chi connectivity index (χ0v) is 13.1. The van der Waals surface area contributed by atoms with Crippen LogP contribution < -0.4 is 10.6 Å². The zero-order valence-electron chi connectivity index (χ0n) is 13.1. The molecule has 1 aliphatic heterocycles. The molecular formula is C16H23N3O3. The average Bonchev–Trinajstić information content (AvgIpc) is 2.84. The lowest BCUT2D eigenvalue weighted by Gasteiger charge is -2.21. The van der Waals surface area contributed by atoms with E-state index in [1.54, 1.807) is 12.0 Å². The van der Waals surface area contributed by atoms with Crippen molar-refractivity contribution in [2.45, 2.75) is 32.4 Å². The van der Waals surface area contributed by atoms with E-state index in [0.29, 0.717) is 19.6 Å². The Kier molecular flexibility index (Phi) is 5.77. The minimum absolute atomic E-state index is 0.0933. The third-order valence-corrected chi connectivity index (χ3v) is 3.54. The van der Waals surface area contributed by atoms with Crippen molar-refractivity contribution in [1.82, 2.24) is 10.2 Å². The third kappa shape index (κ3) is 4.73. The first kappa shape index (κ1) is 16.3. The molecule has 0 aromatic heterocycles. The van der Waals surface area contributed by atoms with Crippen molar-refractivity contribution in [3.05, 3.63) is 29.8 Å². The van der Waals surface area contributed by atoms with E-state index in [4.69, 9.17) is 4.74 Å². The van der Waals surface area contributed by atoms with Crippen LogP contribution in [0.1, 0.15) is 25.3 Å². The van der Waals surface area contributed by atoms with E-state index in [1.807, 2.05) is 31.2 Å². The van der Waals surface area contributed by atoms with E-state index in [1.165, 1.54) is 0 Å². The molecule has 1 heterocycles. The summed E-state index contributed by atoms with van der Waals surface area (Å²) < 4.78 is 5.07. The molecule has 6 nitrogen and oxygen atoms in total. The Balaban J connectivity index is 1.81. The highest BCUT2D eigenvalue weighted by molar-refractivity contribution is 5.89. The van der Waals surface area contributed by atoms with E-state index >= 15 is 0 Å². The number of carbonyl (C=O) groups excluding carboxylic acids is 2. The zero-order chi connectivity index (χ0) is 15.9. The van der Waals surface area contributed by atoms with Gasteiger partial charge in [0, 0.05) is 38.3 Å². The molecule has 1 aliphatic rings. The van der Waals surface area contributed by atoms with Crippen LogP contribution in [0.5, 0.6) is 0 Å². The number of amides is 3. The molecule has 1 aromatic rings. The van der Waals surface area contributed by atoms with Crippen LogP contribution in [0.4, 0.5) is 10.5 Å². The maximum atomic E-state index is 12.0. The Morgan fingerprint density at radius 2 is 2.27 bits per heavy atom. The number of hydrogen-bond donors (Lipinski definition) is 2. The van der Waals surface area contributed by atoms with E-state index in [9.17, 15) is 9.59 Å². The predicted octanol–water partition coefficient (Wildman–Crippen LogP) is 1.97. The highest BCUT2D eigenvalue weighted by atomic mass is 16.5. The molecule has 6 heteroatoms. The van der Waals surface area contributed by atoms with Gasteiger partial charge in [0.05, 0.1) is 6.61 Å². The van der Waals surface area contributed by atoms with Crippen molar-refractivity contribution in [2.75, 3.05) is 25.5 Å². The van der Waals surface area contributed by atoms with E-state index < -0.39 is 0 Å². The Bertz CT molecular complexity index is 533. The fraction of sp³-hybridized carbons (Fsp3) is 0.500. The number of urea groups is 1. The van der Waals surface area contributed by atoms with Gasteiger partial charge >= 0.3 is 6.03 Å². The molecule has 1 saturated heterocycles. The maximum absolute atomic E-state index is 12.0. The van der Waals surface area contributed by atoms with Crippen molar-refractivity contribution in [1.29, 1.82) is 0 Å². The lowest BCUT2D eigenvalue weighted by atomic mass is 10.2. The van der Waals surface area contributed by atoms with Crippen LogP contribution in [0.15, 0.2) is 24.3 Å². The summed E-state index contributed by atoms with van der Waals surface area (Å²) in [5.74, 6) is 0.168. The van der Waals surface area contributed by atoms with Gasteiger partial charge in [0.25, 0.3) is 0 Å². The number of rotatable bonds is 6. The van der Waals surface area contributed by atoms with Crippen LogP contribution in [0, 0.1) is 0 Å². The monoisotopic (exact) mass is 305 g/mol. The highest BCUT2D eigenvalue weighted by Crippen LogP contribution is 2.12. The van der Waals surface area contributed by atoms with Crippen LogP contribution in [0.2, 0.25) is 0 Å². The normalized spacial score (nSPS) is 15.7. The summed E-state index contributed by atoms with van der Waals surface area (Å²) in [7, 11) is 1.63. The van der Waals surface area contributed by atoms with E-state index in [2.05, 4.69) is 10.6 Å². The molecule has 120 valence electrons. The molecular weight excluding hydrogens is 282 g/mol. The number of hydrogen-bond acceptors (Lipinski definition) is 3. The second-order valence-electron chi connectivity index (χ2n) is 5.58. The summed E-state index contributed by atoms with van der Waals surface area (Å²) in [5.41, 5.74) is 1.72. The first-order valence-electron chi connectivity index (χ1n) is 7.51. The molecule has 1 atom stereocenters. The maximum Gasteiger partial charge on any atom is 0.319 e. The Labute approximate surface area is 130 Å². The van der Waals surface area contributed by atoms with Gasteiger partial charge in [0.1, 0.15) is 0 Å². The summed E-state index contributed by atoms with van der Waals surface area (Å²) in [6.45, 7) is 3.73.